The van der Waals surface area contributed by atoms with Gasteiger partial charge in [0.15, 0.2) is 0 Å². The number of hydrogen-bond acceptors (Lipinski definition) is 5. The van der Waals surface area contributed by atoms with Crippen molar-refractivity contribution in [1.29, 1.82) is 0 Å². The lowest BCUT2D eigenvalue weighted by atomic mass is 10.0. The Morgan fingerprint density at radius 2 is 0.488 bits per heavy atom. The van der Waals surface area contributed by atoms with Gasteiger partial charge in [-0.3, -0.25) is 9.59 Å². The molecule has 0 aliphatic heterocycles. The number of amides is 1. The van der Waals surface area contributed by atoms with Gasteiger partial charge in [0.2, 0.25) is 5.91 Å². The minimum atomic E-state index is -0.661. The lowest BCUT2D eigenvalue weighted by molar-refractivity contribution is -0.143. The summed E-state index contributed by atoms with van der Waals surface area (Å²) in [6.07, 6.45) is 91.9. The molecule has 3 N–H and O–H groups in total. The van der Waals surface area contributed by atoms with Crippen molar-refractivity contribution in [3.05, 3.63) is 0 Å². The molecule has 0 radical (unpaired) electrons. The Hall–Kier alpha value is -1.14. The number of rotatable bonds is 75. The fourth-order valence-corrected chi connectivity index (χ4v) is 12.9. The van der Waals surface area contributed by atoms with Gasteiger partial charge in [0.25, 0.3) is 0 Å². The van der Waals surface area contributed by atoms with Crippen molar-refractivity contribution in [3.63, 3.8) is 0 Å². The molecule has 0 saturated heterocycles. The number of unbranched alkanes of at least 4 members (excludes halogenated alkanes) is 64. The molecule has 0 fully saturated rings. The third-order valence-corrected chi connectivity index (χ3v) is 18.9. The van der Waals surface area contributed by atoms with Crippen LogP contribution in [0.25, 0.3) is 0 Å². The highest BCUT2D eigenvalue weighted by Gasteiger charge is 2.20. The van der Waals surface area contributed by atoms with E-state index in [0.29, 0.717) is 25.9 Å². The van der Waals surface area contributed by atoms with Crippen LogP contribution in [-0.4, -0.2) is 47.4 Å². The molecular formula is C78H155NO5. The molecule has 6 nitrogen and oxygen atoms in total. The van der Waals surface area contributed by atoms with Gasteiger partial charge in [0.05, 0.1) is 25.4 Å². The molecule has 2 unspecified atom stereocenters. The zero-order valence-corrected chi connectivity index (χ0v) is 57.7. The van der Waals surface area contributed by atoms with Crippen molar-refractivity contribution < 1.29 is 24.5 Å². The number of ether oxygens (including phenoxy) is 1. The van der Waals surface area contributed by atoms with E-state index in [-0.39, 0.29) is 18.5 Å². The van der Waals surface area contributed by atoms with Gasteiger partial charge in [-0.2, -0.15) is 0 Å². The minimum absolute atomic E-state index is 0.0255. The highest BCUT2D eigenvalue weighted by Crippen LogP contribution is 2.21. The summed E-state index contributed by atoms with van der Waals surface area (Å²) < 4.78 is 5.52. The Balaban J connectivity index is 3.31. The summed E-state index contributed by atoms with van der Waals surface area (Å²) in [7, 11) is 0. The van der Waals surface area contributed by atoms with Crippen LogP contribution in [0, 0.1) is 0 Å². The Labute approximate surface area is 527 Å². The van der Waals surface area contributed by atoms with Gasteiger partial charge in [-0.1, -0.05) is 425 Å². The first-order chi connectivity index (χ1) is 41.5. The molecule has 0 saturated carbocycles. The topological polar surface area (TPSA) is 95.9 Å². The molecule has 1 amide bonds. The fourth-order valence-electron chi connectivity index (χ4n) is 12.9. The molecule has 0 spiro atoms. The average molecular weight is 1190 g/mol. The maximum atomic E-state index is 12.6. The Morgan fingerprint density at radius 1 is 0.286 bits per heavy atom. The summed E-state index contributed by atoms with van der Waals surface area (Å²) >= 11 is 0. The van der Waals surface area contributed by atoms with Crippen LogP contribution in [0.1, 0.15) is 463 Å². The quantitative estimate of drug-likeness (QED) is 0.0417. The zero-order valence-electron chi connectivity index (χ0n) is 57.7. The van der Waals surface area contributed by atoms with Crippen LogP contribution >= 0.6 is 0 Å². The van der Waals surface area contributed by atoms with Crippen molar-refractivity contribution in [2.24, 2.45) is 0 Å². The van der Waals surface area contributed by atoms with Gasteiger partial charge in [-0.05, 0) is 25.7 Å². The first kappa shape index (κ1) is 82.9. The first-order valence-corrected chi connectivity index (χ1v) is 39.3. The Morgan fingerprint density at radius 3 is 0.726 bits per heavy atom. The predicted molar refractivity (Wildman–Crippen MR) is 371 cm³/mol. The molecule has 0 rings (SSSR count). The van der Waals surface area contributed by atoms with Crippen LogP contribution < -0.4 is 5.32 Å². The van der Waals surface area contributed by atoms with Crippen LogP contribution in [0.2, 0.25) is 0 Å². The summed E-state index contributed by atoms with van der Waals surface area (Å²) in [6, 6.07) is -0.538. The van der Waals surface area contributed by atoms with E-state index < -0.39 is 12.1 Å². The molecule has 0 aromatic heterocycles. The van der Waals surface area contributed by atoms with Crippen LogP contribution in [0.5, 0.6) is 0 Å². The van der Waals surface area contributed by atoms with Gasteiger partial charge < -0.3 is 20.3 Å². The second-order valence-electron chi connectivity index (χ2n) is 27.4. The van der Waals surface area contributed by atoms with Gasteiger partial charge in [-0.15, -0.1) is 0 Å². The Kier molecular flexibility index (Phi) is 73.3. The number of nitrogens with one attached hydrogen (secondary N) is 1. The van der Waals surface area contributed by atoms with E-state index in [9.17, 15) is 19.8 Å². The summed E-state index contributed by atoms with van der Waals surface area (Å²) in [5.41, 5.74) is 0. The van der Waals surface area contributed by atoms with E-state index in [4.69, 9.17) is 4.74 Å². The highest BCUT2D eigenvalue weighted by atomic mass is 16.5. The average Bonchev–Trinajstić information content (AvgIpc) is 3.53. The molecule has 6 heteroatoms. The van der Waals surface area contributed by atoms with Crippen LogP contribution in [0.15, 0.2) is 0 Å². The van der Waals surface area contributed by atoms with E-state index in [1.807, 2.05) is 0 Å². The van der Waals surface area contributed by atoms with E-state index in [1.165, 1.54) is 392 Å². The molecule has 2 atom stereocenters. The monoisotopic (exact) mass is 1190 g/mol. The third-order valence-electron chi connectivity index (χ3n) is 18.9. The standard InChI is InChI=1S/C78H155NO5/c1-3-5-7-9-11-13-15-17-19-21-35-38-42-46-50-54-58-62-66-70-76(81)75(74-80)79-77(82)71-67-63-59-55-51-47-43-39-36-33-31-29-27-25-23-24-26-28-30-32-34-37-41-45-49-53-57-61-65-69-73-84-78(83)72-68-64-60-56-52-48-44-40-22-20-18-16-14-12-10-8-6-4-2/h75-76,80-81H,3-74H2,1-2H3,(H,79,82). The fraction of sp³-hybridized carbons (Fsp3) is 0.974. The lowest BCUT2D eigenvalue weighted by Crippen LogP contribution is -2.45. The van der Waals surface area contributed by atoms with Gasteiger partial charge in [-0.25, -0.2) is 0 Å². The van der Waals surface area contributed by atoms with Crippen molar-refractivity contribution >= 4 is 11.9 Å². The predicted octanol–water partition coefficient (Wildman–Crippen LogP) is 25.7. The van der Waals surface area contributed by atoms with Crippen molar-refractivity contribution in [1.82, 2.24) is 5.32 Å². The molecule has 0 aliphatic carbocycles. The molecule has 0 bridgehead atoms. The van der Waals surface area contributed by atoms with Crippen molar-refractivity contribution in [2.75, 3.05) is 13.2 Å². The normalized spacial score (nSPS) is 12.4. The number of esters is 1. The summed E-state index contributed by atoms with van der Waals surface area (Å²) in [4.78, 5) is 24.7. The molecule has 502 valence electrons. The summed E-state index contributed by atoms with van der Waals surface area (Å²) in [5.74, 6) is 0.000626. The SMILES string of the molecule is CCCCCCCCCCCCCCCCCCCCCC(O)C(CO)NC(=O)CCCCCCCCCCCCCCCCCCCCCCCCCCCCCCCCOC(=O)CCCCCCCCCCCCCCCCCCCC. The second kappa shape index (κ2) is 74.3. The number of carbonyl (C=O) groups excluding carboxylic acids is 2. The molecular weight excluding hydrogens is 1030 g/mol. The molecule has 0 aliphatic rings. The smallest absolute Gasteiger partial charge is 0.305 e. The van der Waals surface area contributed by atoms with Gasteiger partial charge in [0.1, 0.15) is 0 Å². The van der Waals surface area contributed by atoms with Crippen molar-refractivity contribution in [3.8, 4) is 0 Å². The van der Waals surface area contributed by atoms with Crippen LogP contribution in [0.4, 0.5) is 0 Å². The Bertz CT molecular complexity index is 1230. The number of aliphatic hydroxyl groups excluding tert-OH is 2. The molecule has 0 aromatic rings. The maximum Gasteiger partial charge on any atom is 0.305 e. The lowest BCUT2D eigenvalue weighted by Gasteiger charge is -2.22. The highest BCUT2D eigenvalue weighted by molar-refractivity contribution is 5.76. The van der Waals surface area contributed by atoms with Crippen LogP contribution in [-0.2, 0) is 14.3 Å². The number of hydrogen-bond donors (Lipinski definition) is 3. The third kappa shape index (κ3) is 70.0. The summed E-state index contributed by atoms with van der Waals surface area (Å²) in [5, 5.41) is 23.4. The number of carbonyl (C=O) groups is 2. The molecule has 0 heterocycles. The van der Waals surface area contributed by atoms with Gasteiger partial charge >= 0.3 is 5.97 Å². The van der Waals surface area contributed by atoms with E-state index in [1.54, 1.807) is 0 Å². The van der Waals surface area contributed by atoms with Gasteiger partial charge in [0, 0.05) is 12.8 Å². The van der Waals surface area contributed by atoms with Crippen LogP contribution in [0.3, 0.4) is 0 Å². The number of aliphatic hydroxyl groups is 2. The van der Waals surface area contributed by atoms with E-state index in [2.05, 4.69) is 19.2 Å². The maximum absolute atomic E-state index is 12.6. The zero-order chi connectivity index (χ0) is 60.6. The largest absolute Gasteiger partial charge is 0.466 e. The minimum Gasteiger partial charge on any atom is -0.466 e. The molecule has 0 aromatic carbocycles. The van der Waals surface area contributed by atoms with E-state index >= 15 is 0 Å². The van der Waals surface area contributed by atoms with Crippen molar-refractivity contribution in [2.45, 2.75) is 475 Å². The summed E-state index contributed by atoms with van der Waals surface area (Å²) in [6.45, 7) is 5.02. The first-order valence-electron chi connectivity index (χ1n) is 39.3. The second-order valence-corrected chi connectivity index (χ2v) is 27.4. The molecule has 84 heavy (non-hydrogen) atoms. The van der Waals surface area contributed by atoms with E-state index in [0.717, 1.165) is 38.5 Å².